The number of nitrogens with one attached hydrogen (secondary N) is 1. The summed E-state index contributed by atoms with van der Waals surface area (Å²) in [6, 6.07) is 5.20. The summed E-state index contributed by atoms with van der Waals surface area (Å²) in [5.41, 5.74) is 1.41. The summed E-state index contributed by atoms with van der Waals surface area (Å²) >= 11 is 0. The molecule has 4 heteroatoms. The van der Waals surface area contributed by atoms with E-state index in [1.54, 1.807) is 12.1 Å². The first-order chi connectivity index (χ1) is 7.54. The van der Waals surface area contributed by atoms with Crippen LogP contribution in [0.25, 0.3) is 0 Å². The lowest BCUT2D eigenvalue weighted by molar-refractivity contribution is -0.131. The zero-order valence-electron chi connectivity index (χ0n) is 9.66. The van der Waals surface area contributed by atoms with E-state index in [2.05, 4.69) is 5.32 Å². The van der Waals surface area contributed by atoms with E-state index in [4.69, 9.17) is 4.74 Å². The zero-order chi connectivity index (χ0) is 12.1. The Labute approximate surface area is 94.6 Å². The van der Waals surface area contributed by atoms with Crippen molar-refractivity contribution in [1.82, 2.24) is 5.32 Å². The summed E-state index contributed by atoms with van der Waals surface area (Å²) in [7, 11) is 1.83. The summed E-state index contributed by atoms with van der Waals surface area (Å²) < 4.78 is 4.96. The lowest BCUT2D eigenvalue weighted by Crippen LogP contribution is -2.09. The predicted molar refractivity (Wildman–Crippen MR) is 60.5 cm³/mol. The van der Waals surface area contributed by atoms with Crippen LogP contribution < -0.4 is 10.1 Å². The molecule has 1 rings (SSSR count). The number of hydrogen-bond acceptors (Lipinski definition) is 4. The van der Waals surface area contributed by atoms with Crippen LogP contribution in [0.1, 0.15) is 29.8 Å². The van der Waals surface area contributed by atoms with E-state index in [1.807, 2.05) is 13.1 Å². The maximum atomic E-state index is 11.4. The average molecular weight is 221 g/mol. The quantitative estimate of drug-likeness (QED) is 0.476. The molecule has 1 aromatic carbocycles. The molecule has 0 radical (unpaired) electrons. The van der Waals surface area contributed by atoms with Crippen molar-refractivity contribution in [3.05, 3.63) is 29.3 Å². The number of carbonyl (C=O) groups excluding carboxylic acids is 2. The van der Waals surface area contributed by atoms with Gasteiger partial charge < -0.3 is 10.1 Å². The molecule has 0 aliphatic carbocycles. The van der Waals surface area contributed by atoms with Gasteiger partial charge in [-0.3, -0.25) is 9.59 Å². The van der Waals surface area contributed by atoms with Gasteiger partial charge in [0.05, 0.1) is 5.56 Å². The minimum absolute atomic E-state index is 0.116. The minimum Gasteiger partial charge on any atom is -0.426 e. The number of carbonyl (C=O) groups is 2. The second kappa shape index (κ2) is 5.42. The Morgan fingerprint density at radius 3 is 2.50 bits per heavy atom. The highest BCUT2D eigenvalue weighted by Crippen LogP contribution is 2.21. The van der Waals surface area contributed by atoms with Gasteiger partial charge >= 0.3 is 5.97 Å². The number of hydrogen-bond donors (Lipinski definition) is 1. The first-order valence-corrected chi connectivity index (χ1v) is 5.01. The largest absolute Gasteiger partial charge is 0.426 e. The summed E-state index contributed by atoms with van der Waals surface area (Å²) in [6.45, 7) is 3.43. The molecule has 0 atom stereocenters. The molecular formula is C12H15NO3. The number of rotatable bonds is 4. The van der Waals surface area contributed by atoms with E-state index < -0.39 is 5.97 Å². The SMILES string of the molecule is CNCc1ccc(OC(C)=O)c(C(C)=O)c1. The van der Waals surface area contributed by atoms with Gasteiger partial charge in [0.2, 0.25) is 0 Å². The maximum absolute atomic E-state index is 11.4. The Balaban J connectivity index is 3.08. The van der Waals surface area contributed by atoms with Crippen LogP contribution in [0.5, 0.6) is 5.75 Å². The standard InChI is InChI=1S/C12H15NO3/c1-8(14)11-6-10(7-13-3)4-5-12(11)16-9(2)15/h4-6,13H,7H2,1-3H3. The Hall–Kier alpha value is -1.68. The maximum Gasteiger partial charge on any atom is 0.308 e. The van der Waals surface area contributed by atoms with Gasteiger partial charge in [-0.2, -0.15) is 0 Å². The molecule has 0 aliphatic heterocycles. The lowest BCUT2D eigenvalue weighted by atomic mass is 10.1. The van der Waals surface area contributed by atoms with E-state index in [1.165, 1.54) is 13.8 Å². The molecular weight excluding hydrogens is 206 g/mol. The van der Waals surface area contributed by atoms with Gasteiger partial charge in [-0.25, -0.2) is 0 Å². The molecule has 0 spiro atoms. The molecule has 86 valence electrons. The second-order valence-electron chi connectivity index (χ2n) is 3.51. The molecule has 0 saturated heterocycles. The van der Waals surface area contributed by atoms with Gasteiger partial charge in [-0.15, -0.1) is 0 Å². The van der Waals surface area contributed by atoms with Crippen LogP contribution in [-0.2, 0) is 11.3 Å². The molecule has 0 heterocycles. The molecule has 0 unspecified atom stereocenters. The Bertz CT molecular complexity index is 413. The van der Waals surface area contributed by atoms with Crippen molar-refractivity contribution in [2.45, 2.75) is 20.4 Å². The molecule has 0 aliphatic rings. The van der Waals surface area contributed by atoms with Gasteiger partial charge in [-0.05, 0) is 31.7 Å². The highest BCUT2D eigenvalue weighted by atomic mass is 16.5. The molecule has 0 fully saturated rings. The Morgan fingerprint density at radius 2 is 2.00 bits per heavy atom. The van der Waals surface area contributed by atoms with Crippen LogP contribution in [0.2, 0.25) is 0 Å². The smallest absolute Gasteiger partial charge is 0.308 e. The van der Waals surface area contributed by atoms with Crippen molar-refractivity contribution in [1.29, 1.82) is 0 Å². The molecule has 0 saturated carbocycles. The summed E-state index contributed by atoms with van der Waals surface area (Å²) in [6.07, 6.45) is 0. The summed E-state index contributed by atoms with van der Waals surface area (Å²) in [5.74, 6) is -0.224. The number of benzene rings is 1. The number of esters is 1. The average Bonchev–Trinajstić information content (AvgIpc) is 2.19. The van der Waals surface area contributed by atoms with Crippen molar-refractivity contribution in [3.8, 4) is 5.75 Å². The third-order valence-corrected chi connectivity index (χ3v) is 2.06. The molecule has 0 amide bonds. The van der Waals surface area contributed by atoms with Crippen LogP contribution in [-0.4, -0.2) is 18.8 Å². The van der Waals surface area contributed by atoms with Crippen molar-refractivity contribution in [3.63, 3.8) is 0 Å². The lowest BCUT2D eigenvalue weighted by Gasteiger charge is -2.08. The van der Waals surface area contributed by atoms with Crippen LogP contribution >= 0.6 is 0 Å². The molecule has 16 heavy (non-hydrogen) atoms. The first-order valence-electron chi connectivity index (χ1n) is 5.01. The van der Waals surface area contributed by atoms with E-state index >= 15 is 0 Å². The number of ether oxygens (including phenoxy) is 1. The second-order valence-corrected chi connectivity index (χ2v) is 3.51. The predicted octanol–water partition coefficient (Wildman–Crippen LogP) is 1.53. The van der Waals surface area contributed by atoms with Crippen molar-refractivity contribution < 1.29 is 14.3 Å². The third kappa shape index (κ3) is 3.17. The highest BCUT2D eigenvalue weighted by molar-refractivity contribution is 5.97. The topological polar surface area (TPSA) is 55.4 Å². The Kier molecular flexibility index (Phi) is 4.19. The van der Waals surface area contributed by atoms with Crippen molar-refractivity contribution in [2.75, 3.05) is 7.05 Å². The first kappa shape index (κ1) is 12.4. The van der Waals surface area contributed by atoms with E-state index in [0.29, 0.717) is 17.9 Å². The van der Waals surface area contributed by atoms with Crippen LogP contribution in [0, 0.1) is 0 Å². The van der Waals surface area contributed by atoms with Crippen molar-refractivity contribution in [2.24, 2.45) is 0 Å². The van der Waals surface area contributed by atoms with Gasteiger partial charge in [-0.1, -0.05) is 6.07 Å². The van der Waals surface area contributed by atoms with Gasteiger partial charge in [0.25, 0.3) is 0 Å². The zero-order valence-corrected chi connectivity index (χ0v) is 9.66. The van der Waals surface area contributed by atoms with E-state index in [-0.39, 0.29) is 5.78 Å². The fourth-order valence-electron chi connectivity index (χ4n) is 1.41. The van der Waals surface area contributed by atoms with Gasteiger partial charge in [0, 0.05) is 13.5 Å². The van der Waals surface area contributed by atoms with Crippen LogP contribution in [0.4, 0.5) is 0 Å². The Morgan fingerprint density at radius 1 is 1.31 bits per heavy atom. The van der Waals surface area contributed by atoms with E-state index in [9.17, 15) is 9.59 Å². The number of Topliss-reactive ketones (excluding diaryl/α,β-unsaturated/α-hetero) is 1. The van der Waals surface area contributed by atoms with E-state index in [0.717, 1.165) is 5.56 Å². The molecule has 1 aromatic rings. The summed E-state index contributed by atoms with van der Waals surface area (Å²) in [5, 5.41) is 2.99. The van der Waals surface area contributed by atoms with Gasteiger partial charge in [0.1, 0.15) is 5.75 Å². The van der Waals surface area contributed by atoms with Crippen LogP contribution in [0.15, 0.2) is 18.2 Å². The monoisotopic (exact) mass is 221 g/mol. The summed E-state index contributed by atoms with van der Waals surface area (Å²) in [4.78, 5) is 22.2. The molecule has 4 nitrogen and oxygen atoms in total. The fraction of sp³-hybridized carbons (Fsp3) is 0.333. The molecule has 0 aromatic heterocycles. The van der Waals surface area contributed by atoms with Gasteiger partial charge in [0.15, 0.2) is 5.78 Å². The molecule has 1 N–H and O–H groups in total. The van der Waals surface area contributed by atoms with Crippen LogP contribution in [0.3, 0.4) is 0 Å². The third-order valence-electron chi connectivity index (χ3n) is 2.06. The fourth-order valence-corrected chi connectivity index (χ4v) is 1.41. The highest BCUT2D eigenvalue weighted by Gasteiger charge is 2.11. The molecule has 0 bridgehead atoms. The van der Waals surface area contributed by atoms with Crippen molar-refractivity contribution >= 4 is 11.8 Å². The number of ketones is 1. The normalized spacial score (nSPS) is 9.94. The minimum atomic E-state index is -0.427.